The summed E-state index contributed by atoms with van der Waals surface area (Å²) in [4.78, 5) is 60.5. The molecule has 2 atom stereocenters. The molecule has 1 aromatic heterocycles. The van der Waals surface area contributed by atoms with Crippen LogP contribution < -0.4 is 20.7 Å². The van der Waals surface area contributed by atoms with Gasteiger partial charge in [-0.05, 0) is 25.7 Å². The lowest BCUT2D eigenvalue weighted by molar-refractivity contribution is -0.140. The van der Waals surface area contributed by atoms with Crippen molar-refractivity contribution in [2.24, 2.45) is 0 Å². The van der Waals surface area contributed by atoms with E-state index in [4.69, 9.17) is 14.9 Å². The van der Waals surface area contributed by atoms with Crippen LogP contribution in [0.15, 0.2) is 12.3 Å². The number of rotatable bonds is 14. The summed E-state index contributed by atoms with van der Waals surface area (Å²) in [6.45, 7) is 0.147. The lowest BCUT2D eigenvalue weighted by atomic mass is 10.1. The lowest BCUT2D eigenvalue weighted by Crippen LogP contribution is -2.51. The van der Waals surface area contributed by atoms with Crippen molar-refractivity contribution >= 4 is 29.8 Å². The van der Waals surface area contributed by atoms with E-state index in [9.17, 15) is 33.5 Å². The van der Waals surface area contributed by atoms with Gasteiger partial charge in [0.25, 0.3) is 5.91 Å². The van der Waals surface area contributed by atoms with E-state index >= 15 is 0 Å². The molecule has 0 saturated carbocycles. The molecule has 0 radical (unpaired) electrons. The van der Waals surface area contributed by atoms with Crippen molar-refractivity contribution in [3.05, 3.63) is 23.8 Å². The Morgan fingerprint density at radius 2 is 1.64 bits per heavy atom. The van der Waals surface area contributed by atoms with Crippen LogP contribution in [0.2, 0.25) is 0 Å². The van der Waals surface area contributed by atoms with E-state index in [0.29, 0.717) is 6.42 Å². The zero-order chi connectivity index (χ0) is 25.0. The maximum absolute atomic E-state index is 13.1. The number of aromatic nitrogens is 1. The van der Waals surface area contributed by atoms with Crippen molar-refractivity contribution in [3.8, 4) is 5.75 Å². The summed E-state index contributed by atoms with van der Waals surface area (Å²) in [5, 5.41) is 33.6. The number of hydrogen-bond donors (Lipinski definition) is 6. The number of aliphatic carboxylic acids is 3. The fourth-order valence-corrected chi connectivity index (χ4v) is 2.66. The Hall–Kier alpha value is -3.97. The summed E-state index contributed by atoms with van der Waals surface area (Å²) in [5.74, 6) is -5.42. The number of carbonyl (C=O) groups excluding carboxylic acids is 2. The molecule has 1 rings (SSSR count). The van der Waals surface area contributed by atoms with Gasteiger partial charge in [-0.3, -0.25) is 9.59 Å². The van der Waals surface area contributed by atoms with Gasteiger partial charge in [0.2, 0.25) is 5.95 Å². The first kappa shape index (κ1) is 27.1. The molecule has 13 nitrogen and oxygen atoms in total. The molecule has 33 heavy (non-hydrogen) atoms. The van der Waals surface area contributed by atoms with Crippen LogP contribution in [0.5, 0.6) is 5.75 Å². The van der Waals surface area contributed by atoms with Gasteiger partial charge >= 0.3 is 23.9 Å². The first-order chi connectivity index (χ1) is 15.5. The first-order valence-corrected chi connectivity index (χ1v) is 9.77. The number of carboxylic acids is 3. The third-order valence-electron chi connectivity index (χ3n) is 4.36. The highest BCUT2D eigenvalue weighted by Gasteiger charge is 2.24. The Labute approximate surface area is 187 Å². The number of urea groups is 1. The molecule has 0 aromatic carbocycles. The fraction of sp³-hybridized carbons (Fsp3) is 0.474. The highest BCUT2D eigenvalue weighted by Crippen LogP contribution is 2.17. The molecule has 14 heteroatoms. The number of carboxylic acid groups (broad SMARTS) is 3. The number of unbranched alkanes of at least 4 members (excludes halogenated alkanes) is 1. The van der Waals surface area contributed by atoms with Gasteiger partial charge in [-0.25, -0.2) is 19.4 Å². The van der Waals surface area contributed by atoms with Crippen LogP contribution in [-0.4, -0.2) is 75.9 Å². The van der Waals surface area contributed by atoms with E-state index in [1.807, 2.05) is 5.32 Å². The predicted molar refractivity (Wildman–Crippen MR) is 108 cm³/mol. The molecular weight excluding hydrogens is 447 g/mol. The second-order valence-electron chi connectivity index (χ2n) is 6.79. The summed E-state index contributed by atoms with van der Waals surface area (Å²) in [7, 11) is 1.27. The highest BCUT2D eigenvalue weighted by atomic mass is 19.1. The van der Waals surface area contributed by atoms with Crippen molar-refractivity contribution in [2.75, 3.05) is 13.7 Å². The Bertz CT molecular complexity index is 881. The SMILES string of the molecule is COc1cc(F)ncc1C(=O)NCCCC[C@H](NC(=O)N[C@@H](CCC(=O)O)C(=O)O)C(=O)O. The maximum atomic E-state index is 13.1. The molecule has 0 bridgehead atoms. The Kier molecular flexibility index (Phi) is 11.0. The lowest BCUT2D eigenvalue weighted by Gasteiger charge is -2.18. The van der Waals surface area contributed by atoms with Gasteiger partial charge in [-0.1, -0.05) is 0 Å². The van der Waals surface area contributed by atoms with Crippen molar-refractivity contribution in [3.63, 3.8) is 0 Å². The van der Waals surface area contributed by atoms with Gasteiger partial charge in [0.1, 0.15) is 17.8 Å². The highest BCUT2D eigenvalue weighted by molar-refractivity contribution is 5.96. The molecule has 1 aromatic rings. The third-order valence-corrected chi connectivity index (χ3v) is 4.36. The molecule has 182 valence electrons. The van der Waals surface area contributed by atoms with Gasteiger partial charge in [0.15, 0.2) is 0 Å². The first-order valence-electron chi connectivity index (χ1n) is 9.77. The normalized spacial score (nSPS) is 12.2. The number of carbonyl (C=O) groups is 5. The van der Waals surface area contributed by atoms with Gasteiger partial charge in [-0.15, -0.1) is 0 Å². The zero-order valence-corrected chi connectivity index (χ0v) is 17.7. The predicted octanol–water partition coefficient (Wildman–Crippen LogP) is 0.200. The molecule has 1 heterocycles. The topological polar surface area (TPSA) is 204 Å². The molecule has 0 spiro atoms. The van der Waals surface area contributed by atoms with Crippen LogP contribution in [0, 0.1) is 5.95 Å². The van der Waals surface area contributed by atoms with Gasteiger partial charge in [-0.2, -0.15) is 4.39 Å². The van der Waals surface area contributed by atoms with Crippen molar-refractivity contribution in [1.29, 1.82) is 0 Å². The number of pyridine rings is 1. The number of methoxy groups -OCH3 is 1. The number of ether oxygens (including phenoxy) is 1. The number of halogens is 1. The summed E-state index contributed by atoms with van der Waals surface area (Å²) >= 11 is 0. The van der Waals surface area contributed by atoms with Crippen LogP contribution in [0.25, 0.3) is 0 Å². The van der Waals surface area contributed by atoms with Crippen LogP contribution in [0.1, 0.15) is 42.5 Å². The monoisotopic (exact) mass is 472 g/mol. The number of hydrogen-bond acceptors (Lipinski definition) is 7. The standard InChI is InChI=1S/C19H25FN4O9/c1-33-13-8-14(20)22-9-10(13)16(27)21-7-3-2-4-11(17(28)29)23-19(32)24-12(18(30)31)5-6-15(25)26/h8-9,11-12H,2-7H2,1H3,(H,21,27)(H,25,26)(H,28,29)(H,30,31)(H2,23,24,32)/t11-,12-/m0/s1. The van der Waals surface area contributed by atoms with Gasteiger partial charge in [0, 0.05) is 25.2 Å². The smallest absolute Gasteiger partial charge is 0.326 e. The Morgan fingerprint density at radius 1 is 1.03 bits per heavy atom. The second kappa shape index (κ2) is 13.4. The zero-order valence-electron chi connectivity index (χ0n) is 17.7. The summed E-state index contributed by atoms with van der Waals surface area (Å²) < 4.78 is 18.0. The van der Waals surface area contributed by atoms with Gasteiger partial charge in [0.05, 0.1) is 12.7 Å². The quantitative estimate of drug-likeness (QED) is 0.160. The molecule has 0 aliphatic rings. The molecule has 0 fully saturated rings. The van der Waals surface area contributed by atoms with Gasteiger partial charge < -0.3 is 36.0 Å². The van der Waals surface area contributed by atoms with Crippen LogP contribution in [0.3, 0.4) is 0 Å². The van der Waals surface area contributed by atoms with Crippen molar-refractivity contribution in [1.82, 2.24) is 20.9 Å². The number of nitrogens with one attached hydrogen (secondary N) is 3. The number of nitrogens with zero attached hydrogens (tertiary/aromatic N) is 1. The van der Waals surface area contributed by atoms with Crippen LogP contribution in [-0.2, 0) is 14.4 Å². The molecule has 0 saturated heterocycles. The van der Waals surface area contributed by atoms with Crippen molar-refractivity contribution in [2.45, 2.75) is 44.2 Å². The molecule has 0 unspecified atom stereocenters. The van der Waals surface area contributed by atoms with E-state index in [2.05, 4.69) is 15.6 Å². The average Bonchev–Trinajstić information content (AvgIpc) is 2.74. The third kappa shape index (κ3) is 9.80. The average molecular weight is 472 g/mol. The summed E-state index contributed by atoms with van der Waals surface area (Å²) in [5.41, 5.74) is 0.0246. The molecule has 3 amide bonds. The Balaban J connectivity index is 2.48. The summed E-state index contributed by atoms with van der Waals surface area (Å²) in [6.07, 6.45) is 0.749. The van der Waals surface area contributed by atoms with E-state index in [-0.39, 0.29) is 37.1 Å². The minimum Gasteiger partial charge on any atom is -0.496 e. The second-order valence-corrected chi connectivity index (χ2v) is 6.79. The minimum absolute atomic E-state index is 0.00386. The largest absolute Gasteiger partial charge is 0.496 e. The van der Waals surface area contributed by atoms with Crippen LogP contribution in [0.4, 0.5) is 9.18 Å². The maximum Gasteiger partial charge on any atom is 0.326 e. The number of amides is 3. The van der Waals surface area contributed by atoms with Crippen LogP contribution >= 0.6 is 0 Å². The fourth-order valence-electron chi connectivity index (χ4n) is 2.66. The minimum atomic E-state index is -1.50. The van der Waals surface area contributed by atoms with E-state index in [0.717, 1.165) is 12.3 Å². The molecule has 0 aliphatic heterocycles. The van der Waals surface area contributed by atoms with E-state index in [1.54, 1.807) is 0 Å². The molecule has 0 aliphatic carbocycles. The van der Waals surface area contributed by atoms with E-state index in [1.165, 1.54) is 7.11 Å². The van der Waals surface area contributed by atoms with E-state index < -0.39 is 54.3 Å². The molecular formula is C19H25FN4O9. The molecule has 6 N–H and O–H groups in total. The summed E-state index contributed by atoms with van der Waals surface area (Å²) in [6, 6.07) is -2.94. The Morgan fingerprint density at radius 3 is 2.18 bits per heavy atom. The van der Waals surface area contributed by atoms with Crippen molar-refractivity contribution < 1.29 is 48.4 Å².